The van der Waals surface area contributed by atoms with Crippen LogP contribution in [-0.2, 0) is 14.8 Å². The summed E-state index contributed by atoms with van der Waals surface area (Å²) in [5.41, 5.74) is -1.05. The summed E-state index contributed by atoms with van der Waals surface area (Å²) in [4.78, 5) is 11.5. The number of rotatable bonds is 2. The second-order valence-corrected chi connectivity index (χ2v) is 7.72. The summed E-state index contributed by atoms with van der Waals surface area (Å²) < 4.78 is 25.2. The Bertz CT molecular complexity index is 331. The predicted octanol–water partition coefficient (Wildman–Crippen LogP) is 1.52. The van der Waals surface area contributed by atoms with E-state index < -0.39 is 21.3 Å². The smallest absolute Gasteiger partial charge is 0.238 e. The summed E-state index contributed by atoms with van der Waals surface area (Å²) in [6, 6.07) is 0. The van der Waals surface area contributed by atoms with E-state index in [0.29, 0.717) is 0 Å². The van der Waals surface area contributed by atoms with Crippen LogP contribution in [0.5, 0.6) is 0 Å². The van der Waals surface area contributed by atoms with E-state index in [1.54, 1.807) is 20.8 Å². The molecular formula is C10H21NO3S. The molecule has 0 fully saturated rings. The number of amides is 1. The minimum Gasteiger partial charge on any atom is -0.273 e. The SMILES string of the molecule is CC(C)(C)CS(=O)(=O)NC(=O)C(C)(C)C. The van der Waals surface area contributed by atoms with Gasteiger partial charge in [-0.3, -0.25) is 9.52 Å². The third-order valence-corrected chi connectivity index (χ3v) is 3.29. The van der Waals surface area contributed by atoms with E-state index in [0.717, 1.165) is 0 Å². The van der Waals surface area contributed by atoms with Crippen LogP contribution in [0.25, 0.3) is 0 Å². The molecule has 0 bridgehead atoms. The van der Waals surface area contributed by atoms with Gasteiger partial charge in [0.05, 0.1) is 5.75 Å². The van der Waals surface area contributed by atoms with Gasteiger partial charge in [0.15, 0.2) is 0 Å². The van der Waals surface area contributed by atoms with Gasteiger partial charge >= 0.3 is 0 Å². The lowest BCUT2D eigenvalue weighted by Gasteiger charge is -2.21. The van der Waals surface area contributed by atoms with Crippen molar-refractivity contribution >= 4 is 15.9 Å². The fraction of sp³-hybridized carbons (Fsp3) is 0.900. The van der Waals surface area contributed by atoms with Gasteiger partial charge in [-0.05, 0) is 5.41 Å². The fourth-order valence-electron chi connectivity index (χ4n) is 0.900. The highest BCUT2D eigenvalue weighted by Gasteiger charge is 2.28. The van der Waals surface area contributed by atoms with Crippen LogP contribution in [-0.4, -0.2) is 20.1 Å². The van der Waals surface area contributed by atoms with Crippen molar-refractivity contribution in [3.63, 3.8) is 0 Å². The van der Waals surface area contributed by atoms with E-state index in [9.17, 15) is 13.2 Å². The van der Waals surface area contributed by atoms with Crippen LogP contribution in [0.2, 0.25) is 0 Å². The molecule has 0 aromatic rings. The summed E-state index contributed by atoms with van der Waals surface area (Å²) in [7, 11) is -3.52. The van der Waals surface area contributed by atoms with Gasteiger partial charge < -0.3 is 0 Å². The minimum absolute atomic E-state index is 0.0537. The Morgan fingerprint density at radius 3 is 1.73 bits per heavy atom. The van der Waals surface area contributed by atoms with Crippen LogP contribution in [0, 0.1) is 10.8 Å². The molecule has 90 valence electrons. The molecule has 0 heterocycles. The zero-order valence-corrected chi connectivity index (χ0v) is 11.2. The highest BCUT2D eigenvalue weighted by Crippen LogP contribution is 2.17. The molecule has 0 aromatic heterocycles. The van der Waals surface area contributed by atoms with Crippen molar-refractivity contribution in [2.24, 2.45) is 10.8 Å². The zero-order valence-electron chi connectivity index (χ0n) is 10.3. The summed E-state index contributed by atoms with van der Waals surface area (Å²) in [6.45, 7) is 10.5. The second-order valence-electron chi connectivity index (χ2n) is 6.00. The van der Waals surface area contributed by atoms with Gasteiger partial charge in [-0.15, -0.1) is 0 Å². The first-order chi connectivity index (χ1) is 6.33. The lowest BCUT2D eigenvalue weighted by Crippen LogP contribution is -2.42. The van der Waals surface area contributed by atoms with Gasteiger partial charge in [0, 0.05) is 5.41 Å². The molecule has 0 atom stereocenters. The molecule has 15 heavy (non-hydrogen) atoms. The van der Waals surface area contributed by atoms with Crippen molar-refractivity contribution in [1.82, 2.24) is 4.72 Å². The molecule has 4 nitrogen and oxygen atoms in total. The van der Waals surface area contributed by atoms with Crippen molar-refractivity contribution in [3.05, 3.63) is 0 Å². The highest BCUT2D eigenvalue weighted by atomic mass is 32.2. The maximum absolute atomic E-state index is 11.6. The third-order valence-electron chi connectivity index (χ3n) is 1.55. The first-order valence-corrected chi connectivity index (χ1v) is 6.54. The maximum Gasteiger partial charge on any atom is 0.238 e. The molecule has 0 radical (unpaired) electrons. The average Bonchev–Trinajstić information content (AvgIpc) is 1.76. The van der Waals surface area contributed by atoms with Crippen molar-refractivity contribution in [1.29, 1.82) is 0 Å². The van der Waals surface area contributed by atoms with E-state index in [-0.39, 0.29) is 11.2 Å². The molecule has 1 amide bonds. The number of hydrogen-bond acceptors (Lipinski definition) is 3. The Balaban J connectivity index is 4.62. The molecule has 0 saturated carbocycles. The van der Waals surface area contributed by atoms with E-state index in [1.165, 1.54) is 0 Å². The largest absolute Gasteiger partial charge is 0.273 e. The molecule has 1 N–H and O–H groups in total. The fourth-order valence-corrected chi connectivity index (χ4v) is 2.70. The minimum atomic E-state index is -3.52. The van der Waals surface area contributed by atoms with Crippen molar-refractivity contribution < 1.29 is 13.2 Å². The predicted molar refractivity (Wildman–Crippen MR) is 60.8 cm³/mol. The van der Waals surface area contributed by atoms with Gasteiger partial charge in [-0.25, -0.2) is 8.42 Å². The number of hydrogen-bond donors (Lipinski definition) is 1. The topological polar surface area (TPSA) is 63.2 Å². The number of carbonyl (C=O) groups is 1. The van der Waals surface area contributed by atoms with E-state index >= 15 is 0 Å². The Labute approximate surface area is 92.5 Å². The summed E-state index contributed by atoms with van der Waals surface area (Å²) >= 11 is 0. The molecule has 0 unspecified atom stereocenters. The van der Waals surface area contributed by atoms with E-state index in [1.807, 2.05) is 20.8 Å². The molecule has 0 aromatic carbocycles. The average molecular weight is 235 g/mol. The second kappa shape index (κ2) is 4.12. The van der Waals surface area contributed by atoms with Crippen molar-refractivity contribution in [2.75, 3.05) is 5.75 Å². The quantitative estimate of drug-likeness (QED) is 0.789. The molecular weight excluding hydrogens is 214 g/mol. The van der Waals surface area contributed by atoms with Crippen LogP contribution in [0.1, 0.15) is 41.5 Å². The molecule has 0 aliphatic heterocycles. The summed E-state index contributed by atoms with van der Waals surface area (Å²) in [5.74, 6) is -0.520. The number of carbonyl (C=O) groups excluding carboxylic acids is 1. The van der Waals surface area contributed by atoms with Gasteiger partial charge in [0.2, 0.25) is 15.9 Å². The van der Waals surface area contributed by atoms with Crippen LogP contribution in [0.15, 0.2) is 0 Å². The molecule has 0 saturated heterocycles. The monoisotopic (exact) mass is 235 g/mol. The van der Waals surface area contributed by atoms with Crippen LogP contribution in [0.3, 0.4) is 0 Å². The Morgan fingerprint density at radius 1 is 1.07 bits per heavy atom. The highest BCUT2D eigenvalue weighted by molar-refractivity contribution is 7.90. The van der Waals surface area contributed by atoms with Crippen molar-refractivity contribution in [2.45, 2.75) is 41.5 Å². The van der Waals surface area contributed by atoms with Gasteiger partial charge in [0.1, 0.15) is 0 Å². The normalized spacial score (nSPS) is 13.7. The van der Waals surface area contributed by atoms with Crippen LogP contribution >= 0.6 is 0 Å². The molecule has 0 spiro atoms. The van der Waals surface area contributed by atoms with Gasteiger partial charge in [-0.2, -0.15) is 0 Å². The number of nitrogens with one attached hydrogen (secondary N) is 1. The Hall–Kier alpha value is -0.580. The van der Waals surface area contributed by atoms with Crippen molar-refractivity contribution in [3.8, 4) is 0 Å². The molecule has 0 aliphatic carbocycles. The summed E-state index contributed by atoms with van der Waals surface area (Å²) in [6.07, 6.45) is 0. The standard InChI is InChI=1S/C10H21NO3S/c1-9(2,3)7-15(13,14)11-8(12)10(4,5)6/h7H2,1-6H3,(H,11,12). The summed E-state index contributed by atoms with van der Waals surface area (Å²) in [5, 5.41) is 0. The van der Waals surface area contributed by atoms with Gasteiger partial charge in [0.25, 0.3) is 0 Å². The first kappa shape index (κ1) is 14.4. The number of sulfonamides is 1. The van der Waals surface area contributed by atoms with Crippen LogP contribution in [0.4, 0.5) is 0 Å². The first-order valence-electron chi connectivity index (χ1n) is 4.88. The Kier molecular flexibility index (Phi) is 3.96. The van der Waals surface area contributed by atoms with Gasteiger partial charge in [-0.1, -0.05) is 41.5 Å². The van der Waals surface area contributed by atoms with E-state index in [4.69, 9.17) is 0 Å². The molecule has 0 rings (SSSR count). The van der Waals surface area contributed by atoms with E-state index in [2.05, 4.69) is 4.72 Å². The Morgan fingerprint density at radius 2 is 1.47 bits per heavy atom. The lowest BCUT2D eigenvalue weighted by atomic mass is 9.96. The lowest BCUT2D eigenvalue weighted by molar-refractivity contribution is -0.126. The van der Waals surface area contributed by atoms with Crippen LogP contribution < -0.4 is 4.72 Å². The molecule has 0 aliphatic rings. The molecule has 5 heteroatoms. The zero-order chi connectivity index (χ0) is 12.5. The maximum atomic E-state index is 11.6. The third kappa shape index (κ3) is 6.49.